The van der Waals surface area contributed by atoms with Crippen molar-refractivity contribution in [1.82, 2.24) is 0 Å². The van der Waals surface area contributed by atoms with Crippen LogP contribution in [0.3, 0.4) is 0 Å². The van der Waals surface area contributed by atoms with Crippen LogP contribution in [0.25, 0.3) is 0 Å². The fourth-order valence-corrected chi connectivity index (χ4v) is 3.55. The van der Waals surface area contributed by atoms with Gasteiger partial charge in [0.1, 0.15) is 11.9 Å². The van der Waals surface area contributed by atoms with Gasteiger partial charge < -0.3 is 24.1 Å². The molecule has 0 bridgehead atoms. The van der Waals surface area contributed by atoms with Gasteiger partial charge in [0, 0.05) is 5.56 Å². The molecule has 4 atom stereocenters. The van der Waals surface area contributed by atoms with Crippen molar-refractivity contribution in [2.45, 2.75) is 37.4 Å². The third kappa shape index (κ3) is 3.59. The predicted molar refractivity (Wildman–Crippen MR) is 105 cm³/mol. The molecular weight excluding hydrogens is 374 g/mol. The zero-order chi connectivity index (χ0) is 20.4. The number of rotatable bonds is 7. The van der Waals surface area contributed by atoms with E-state index in [1.54, 1.807) is 14.0 Å². The largest absolute Gasteiger partial charge is 0.497 e. The molecule has 0 spiro atoms. The summed E-state index contributed by atoms with van der Waals surface area (Å²) in [5.41, 5.74) is 0.534. The topological polar surface area (TPSA) is 86.6 Å². The van der Waals surface area contributed by atoms with Crippen LogP contribution >= 0.6 is 0 Å². The van der Waals surface area contributed by atoms with Gasteiger partial charge in [-0.05, 0) is 36.8 Å². The lowest BCUT2D eigenvalue weighted by Crippen LogP contribution is -2.45. The number of methoxy groups -OCH3 is 1. The highest BCUT2D eigenvalue weighted by Gasteiger charge is 2.62. The molecule has 152 valence electrons. The standard InChI is InChI=1S/C22H23NO6/c1-22-19(29-20(23-22)15-6-4-3-5-7-15)18(28-21(22)25)17(12-24)27-13-14-8-10-16(26-2)11-9-14/h3-11,17-19,24H,12-13H2,1-2H3/t17-,18+,19-,22-/m0/s1. The molecule has 0 amide bonds. The van der Waals surface area contributed by atoms with Crippen molar-refractivity contribution < 1.29 is 28.8 Å². The van der Waals surface area contributed by atoms with Crippen molar-refractivity contribution in [3.05, 3.63) is 65.7 Å². The van der Waals surface area contributed by atoms with Crippen LogP contribution in [0.5, 0.6) is 5.75 Å². The van der Waals surface area contributed by atoms with Gasteiger partial charge in [-0.25, -0.2) is 9.79 Å². The number of fused-ring (bicyclic) bond motifs is 1. The Morgan fingerprint density at radius 2 is 1.86 bits per heavy atom. The summed E-state index contributed by atoms with van der Waals surface area (Å²) in [5, 5.41) is 9.89. The number of ether oxygens (including phenoxy) is 4. The highest BCUT2D eigenvalue weighted by Crippen LogP contribution is 2.39. The third-order valence-corrected chi connectivity index (χ3v) is 5.27. The molecule has 2 heterocycles. The summed E-state index contributed by atoms with van der Waals surface area (Å²) in [6, 6.07) is 16.8. The van der Waals surface area contributed by atoms with Gasteiger partial charge in [-0.1, -0.05) is 30.3 Å². The van der Waals surface area contributed by atoms with E-state index in [2.05, 4.69) is 4.99 Å². The van der Waals surface area contributed by atoms with Crippen LogP contribution in [0.2, 0.25) is 0 Å². The first-order valence-electron chi connectivity index (χ1n) is 9.43. The number of aliphatic hydroxyl groups is 1. The zero-order valence-electron chi connectivity index (χ0n) is 16.3. The number of hydrogen-bond donors (Lipinski definition) is 1. The Morgan fingerprint density at radius 1 is 1.14 bits per heavy atom. The quantitative estimate of drug-likeness (QED) is 0.720. The molecule has 29 heavy (non-hydrogen) atoms. The van der Waals surface area contributed by atoms with Gasteiger partial charge in [0.05, 0.1) is 20.3 Å². The molecule has 0 aliphatic carbocycles. The number of esters is 1. The molecule has 1 saturated heterocycles. The Labute approximate surface area is 168 Å². The molecular formula is C22H23NO6. The van der Waals surface area contributed by atoms with Crippen LogP contribution in [0.4, 0.5) is 0 Å². The summed E-state index contributed by atoms with van der Waals surface area (Å²) in [5.74, 6) is 0.661. The molecule has 0 unspecified atom stereocenters. The Kier molecular flexibility index (Phi) is 5.25. The SMILES string of the molecule is COc1ccc(CO[C@@H](CO)[C@H]2OC(=O)[C@@]3(C)N=C(c4ccccc4)O[C@@H]23)cc1. The molecule has 0 radical (unpaired) electrons. The summed E-state index contributed by atoms with van der Waals surface area (Å²) in [4.78, 5) is 17.1. The molecule has 2 aliphatic rings. The Morgan fingerprint density at radius 3 is 2.52 bits per heavy atom. The van der Waals surface area contributed by atoms with Crippen molar-refractivity contribution >= 4 is 11.9 Å². The number of aliphatic imine (C=N–C) groups is 1. The molecule has 1 N–H and O–H groups in total. The molecule has 0 saturated carbocycles. The van der Waals surface area contributed by atoms with Gasteiger partial charge in [-0.15, -0.1) is 0 Å². The zero-order valence-corrected chi connectivity index (χ0v) is 16.3. The van der Waals surface area contributed by atoms with Crippen molar-refractivity contribution in [2.75, 3.05) is 13.7 Å². The Balaban J connectivity index is 1.48. The maximum absolute atomic E-state index is 12.6. The minimum atomic E-state index is -1.16. The average Bonchev–Trinajstić information content (AvgIpc) is 3.23. The lowest BCUT2D eigenvalue weighted by molar-refractivity contribution is -0.154. The van der Waals surface area contributed by atoms with Gasteiger partial charge >= 0.3 is 5.97 Å². The van der Waals surface area contributed by atoms with Crippen molar-refractivity contribution in [2.24, 2.45) is 4.99 Å². The molecule has 1 fully saturated rings. The van der Waals surface area contributed by atoms with E-state index in [1.165, 1.54) is 0 Å². The second kappa shape index (κ2) is 7.85. The molecule has 2 aromatic carbocycles. The van der Waals surface area contributed by atoms with E-state index in [9.17, 15) is 9.90 Å². The number of hydrogen-bond acceptors (Lipinski definition) is 7. The predicted octanol–water partition coefficient (Wildman–Crippen LogP) is 2.10. The smallest absolute Gasteiger partial charge is 0.338 e. The first-order chi connectivity index (χ1) is 14.0. The number of cyclic esters (lactones) is 1. The van der Waals surface area contributed by atoms with E-state index in [4.69, 9.17) is 18.9 Å². The van der Waals surface area contributed by atoms with Gasteiger partial charge in [-0.2, -0.15) is 0 Å². The number of carbonyl (C=O) groups excluding carboxylic acids is 1. The molecule has 0 aromatic heterocycles. The number of carbonyl (C=O) groups is 1. The van der Waals surface area contributed by atoms with E-state index >= 15 is 0 Å². The van der Waals surface area contributed by atoms with Crippen LogP contribution in [-0.4, -0.2) is 54.5 Å². The lowest BCUT2D eigenvalue weighted by Gasteiger charge is -2.26. The van der Waals surface area contributed by atoms with Crippen LogP contribution in [0.1, 0.15) is 18.1 Å². The van der Waals surface area contributed by atoms with E-state index in [1.807, 2.05) is 54.6 Å². The number of nitrogens with zero attached hydrogens (tertiary/aromatic N) is 1. The molecule has 4 rings (SSSR count). The first-order valence-corrected chi connectivity index (χ1v) is 9.43. The minimum Gasteiger partial charge on any atom is -0.497 e. The van der Waals surface area contributed by atoms with Crippen molar-refractivity contribution in [3.8, 4) is 5.75 Å². The molecule has 7 heteroatoms. The fourth-order valence-electron chi connectivity index (χ4n) is 3.55. The summed E-state index contributed by atoms with van der Waals surface area (Å²) in [7, 11) is 1.60. The number of aliphatic hydroxyl groups excluding tert-OH is 1. The summed E-state index contributed by atoms with van der Waals surface area (Å²) in [6.07, 6.45) is -2.17. The van der Waals surface area contributed by atoms with Gasteiger partial charge in [0.25, 0.3) is 0 Å². The second-order valence-electron chi connectivity index (χ2n) is 7.22. The van der Waals surface area contributed by atoms with E-state index in [0.717, 1.165) is 16.9 Å². The molecule has 2 aromatic rings. The number of benzene rings is 2. The van der Waals surface area contributed by atoms with Crippen LogP contribution in [0.15, 0.2) is 59.6 Å². The van der Waals surface area contributed by atoms with Crippen LogP contribution < -0.4 is 4.74 Å². The van der Waals surface area contributed by atoms with Gasteiger partial charge in [0.2, 0.25) is 5.90 Å². The van der Waals surface area contributed by atoms with E-state index in [0.29, 0.717) is 5.90 Å². The first kappa shape index (κ1) is 19.4. The highest BCUT2D eigenvalue weighted by molar-refractivity contribution is 6.00. The average molecular weight is 397 g/mol. The lowest BCUT2D eigenvalue weighted by atomic mass is 9.93. The van der Waals surface area contributed by atoms with Gasteiger partial charge in [-0.3, -0.25) is 0 Å². The maximum atomic E-state index is 12.6. The Bertz CT molecular complexity index is 897. The normalized spacial score (nSPS) is 26.3. The summed E-state index contributed by atoms with van der Waals surface area (Å²) < 4.78 is 22.6. The van der Waals surface area contributed by atoms with E-state index < -0.39 is 29.8 Å². The van der Waals surface area contributed by atoms with Crippen LogP contribution in [-0.2, 0) is 25.6 Å². The molecule has 2 aliphatic heterocycles. The van der Waals surface area contributed by atoms with Crippen molar-refractivity contribution in [3.63, 3.8) is 0 Å². The van der Waals surface area contributed by atoms with Crippen molar-refractivity contribution in [1.29, 1.82) is 0 Å². The highest BCUT2D eigenvalue weighted by atomic mass is 16.6. The third-order valence-electron chi connectivity index (χ3n) is 5.27. The fraction of sp³-hybridized carbons (Fsp3) is 0.364. The molecule has 7 nitrogen and oxygen atoms in total. The Hall–Kier alpha value is -2.90. The minimum absolute atomic E-state index is 0.249. The summed E-state index contributed by atoms with van der Waals surface area (Å²) >= 11 is 0. The van der Waals surface area contributed by atoms with E-state index in [-0.39, 0.29) is 13.2 Å². The summed E-state index contributed by atoms with van der Waals surface area (Å²) in [6.45, 7) is 1.62. The monoisotopic (exact) mass is 397 g/mol. The van der Waals surface area contributed by atoms with Crippen LogP contribution in [0, 0.1) is 0 Å². The maximum Gasteiger partial charge on any atom is 0.338 e. The van der Waals surface area contributed by atoms with Gasteiger partial charge in [0.15, 0.2) is 17.7 Å². The second-order valence-corrected chi connectivity index (χ2v) is 7.22.